The maximum atomic E-state index is 6.13. The maximum absolute atomic E-state index is 6.13. The number of hydrogen-bond donors (Lipinski definition) is 1. The molecule has 1 unspecified atom stereocenters. The molecule has 4 nitrogen and oxygen atoms in total. The molecule has 1 aliphatic heterocycles. The molecule has 2 heterocycles. The zero-order valence-electron chi connectivity index (χ0n) is 9.66. The fraction of sp³-hybridized carbons (Fsp3) is 0.727. The molecule has 1 aromatic rings. The van der Waals surface area contributed by atoms with E-state index < -0.39 is 0 Å². The fourth-order valence-corrected chi connectivity index (χ4v) is 2.08. The van der Waals surface area contributed by atoms with Gasteiger partial charge >= 0.3 is 0 Å². The van der Waals surface area contributed by atoms with Crippen molar-refractivity contribution < 1.29 is 4.74 Å². The quantitative estimate of drug-likeness (QED) is 0.769. The first-order valence-corrected chi connectivity index (χ1v) is 5.58. The van der Waals surface area contributed by atoms with Gasteiger partial charge in [-0.2, -0.15) is 5.10 Å². The molecule has 2 N–H and O–H groups in total. The van der Waals surface area contributed by atoms with Gasteiger partial charge in [-0.3, -0.25) is 0 Å². The minimum Gasteiger partial charge on any atom is -0.478 e. The van der Waals surface area contributed by atoms with Gasteiger partial charge in [-0.05, 0) is 33.6 Å². The first kappa shape index (κ1) is 10.5. The standard InChI is InChI=1S/C11H19N3O/c1-7(2)14-11-10(8(3)13-14)9(12)5-4-6-15-11/h7,9H,4-6,12H2,1-3H3. The summed E-state index contributed by atoms with van der Waals surface area (Å²) in [6.45, 7) is 6.96. The van der Waals surface area contributed by atoms with Crippen molar-refractivity contribution in [3.8, 4) is 5.88 Å². The molecule has 0 bridgehead atoms. The molecule has 1 aromatic heterocycles. The van der Waals surface area contributed by atoms with Crippen molar-refractivity contribution >= 4 is 0 Å². The summed E-state index contributed by atoms with van der Waals surface area (Å²) < 4.78 is 7.69. The van der Waals surface area contributed by atoms with Gasteiger partial charge < -0.3 is 10.5 Å². The van der Waals surface area contributed by atoms with Gasteiger partial charge in [-0.25, -0.2) is 4.68 Å². The van der Waals surface area contributed by atoms with Crippen LogP contribution in [0.1, 0.15) is 50.0 Å². The second-order valence-corrected chi connectivity index (χ2v) is 4.44. The van der Waals surface area contributed by atoms with Gasteiger partial charge in [0, 0.05) is 6.04 Å². The van der Waals surface area contributed by atoms with Crippen LogP contribution in [0.15, 0.2) is 0 Å². The molecule has 0 aliphatic carbocycles. The number of hydrogen-bond acceptors (Lipinski definition) is 3. The Kier molecular flexibility index (Phi) is 2.69. The Bertz CT molecular complexity index is 357. The fourth-order valence-electron chi connectivity index (χ4n) is 2.08. The molecule has 0 fully saturated rings. The number of aryl methyl sites for hydroxylation is 1. The van der Waals surface area contributed by atoms with Gasteiger partial charge in [0.1, 0.15) is 0 Å². The van der Waals surface area contributed by atoms with E-state index in [1.54, 1.807) is 0 Å². The van der Waals surface area contributed by atoms with E-state index in [9.17, 15) is 0 Å². The molecule has 4 heteroatoms. The minimum atomic E-state index is 0.0787. The molecule has 84 valence electrons. The van der Waals surface area contributed by atoms with Crippen LogP contribution in [0.25, 0.3) is 0 Å². The predicted octanol–water partition coefficient (Wildman–Crippen LogP) is 1.94. The lowest BCUT2D eigenvalue weighted by Crippen LogP contribution is -2.09. The van der Waals surface area contributed by atoms with Crippen LogP contribution in [-0.2, 0) is 0 Å². The van der Waals surface area contributed by atoms with Gasteiger partial charge in [0.05, 0.1) is 23.9 Å². The highest BCUT2D eigenvalue weighted by molar-refractivity contribution is 5.35. The van der Waals surface area contributed by atoms with E-state index in [1.165, 1.54) is 0 Å². The van der Waals surface area contributed by atoms with E-state index in [2.05, 4.69) is 18.9 Å². The van der Waals surface area contributed by atoms with Crippen LogP contribution < -0.4 is 10.5 Å². The molecule has 0 amide bonds. The average Bonchev–Trinajstić information content (AvgIpc) is 2.37. The third kappa shape index (κ3) is 1.74. The second kappa shape index (κ2) is 3.85. The first-order valence-electron chi connectivity index (χ1n) is 5.58. The van der Waals surface area contributed by atoms with Crippen molar-refractivity contribution in [1.29, 1.82) is 0 Å². The third-order valence-corrected chi connectivity index (χ3v) is 2.84. The summed E-state index contributed by atoms with van der Waals surface area (Å²) in [7, 11) is 0. The summed E-state index contributed by atoms with van der Waals surface area (Å²) in [6.07, 6.45) is 2.00. The maximum Gasteiger partial charge on any atom is 0.217 e. The van der Waals surface area contributed by atoms with Crippen molar-refractivity contribution in [2.45, 2.75) is 45.7 Å². The van der Waals surface area contributed by atoms with Crippen molar-refractivity contribution in [3.63, 3.8) is 0 Å². The van der Waals surface area contributed by atoms with Crippen molar-refractivity contribution in [3.05, 3.63) is 11.3 Å². The van der Waals surface area contributed by atoms with Gasteiger partial charge in [0.2, 0.25) is 5.88 Å². The van der Waals surface area contributed by atoms with Crippen LogP contribution >= 0.6 is 0 Å². The number of aromatic nitrogens is 2. The molecule has 0 spiro atoms. The van der Waals surface area contributed by atoms with Gasteiger partial charge in [-0.15, -0.1) is 0 Å². The molecule has 15 heavy (non-hydrogen) atoms. The molecule has 1 aliphatic rings. The van der Waals surface area contributed by atoms with E-state index in [1.807, 2.05) is 11.6 Å². The number of fused-ring (bicyclic) bond motifs is 1. The highest BCUT2D eigenvalue weighted by Crippen LogP contribution is 2.34. The molecule has 0 saturated heterocycles. The second-order valence-electron chi connectivity index (χ2n) is 4.44. The Morgan fingerprint density at radius 3 is 2.93 bits per heavy atom. The summed E-state index contributed by atoms with van der Waals surface area (Å²) in [5.74, 6) is 0.882. The predicted molar refractivity (Wildman–Crippen MR) is 59.0 cm³/mol. The lowest BCUT2D eigenvalue weighted by molar-refractivity contribution is 0.275. The zero-order chi connectivity index (χ0) is 11.0. The zero-order valence-corrected chi connectivity index (χ0v) is 9.66. The molecular weight excluding hydrogens is 190 g/mol. The first-order chi connectivity index (χ1) is 7.11. The van der Waals surface area contributed by atoms with Crippen LogP contribution in [0.4, 0.5) is 0 Å². The van der Waals surface area contributed by atoms with Gasteiger partial charge in [0.25, 0.3) is 0 Å². The van der Waals surface area contributed by atoms with Gasteiger partial charge in [-0.1, -0.05) is 0 Å². The Morgan fingerprint density at radius 2 is 2.27 bits per heavy atom. The largest absolute Gasteiger partial charge is 0.478 e. The van der Waals surface area contributed by atoms with E-state index in [0.717, 1.165) is 36.6 Å². The number of ether oxygens (including phenoxy) is 1. The van der Waals surface area contributed by atoms with Crippen LogP contribution in [-0.4, -0.2) is 16.4 Å². The highest BCUT2D eigenvalue weighted by atomic mass is 16.5. The van der Waals surface area contributed by atoms with E-state index in [4.69, 9.17) is 10.5 Å². The normalized spacial score (nSPS) is 21.0. The molecule has 0 saturated carbocycles. The Balaban J connectivity index is 2.50. The SMILES string of the molecule is Cc1nn(C(C)C)c2c1C(N)CCCO2. The lowest BCUT2D eigenvalue weighted by Gasteiger charge is -2.12. The minimum absolute atomic E-state index is 0.0787. The summed E-state index contributed by atoms with van der Waals surface area (Å²) in [6, 6.07) is 0.396. The summed E-state index contributed by atoms with van der Waals surface area (Å²) in [5.41, 5.74) is 8.23. The van der Waals surface area contributed by atoms with E-state index in [0.29, 0.717) is 6.04 Å². The molecule has 1 atom stereocenters. The van der Waals surface area contributed by atoms with Crippen LogP contribution in [0.5, 0.6) is 5.88 Å². The van der Waals surface area contributed by atoms with Crippen molar-refractivity contribution in [2.24, 2.45) is 5.73 Å². The molecule has 2 rings (SSSR count). The molecular formula is C11H19N3O. The number of nitrogens with two attached hydrogens (primary N) is 1. The molecule has 0 radical (unpaired) electrons. The summed E-state index contributed by atoms with van der Waals surface area (Å²) in [4.78, 5) is 0. The molecule has 0 aromatic carbocycles. The van der Waals surface area contributed by atoms with Crippen molar-refractivity contribution in [2.75, 3.05) is 6.61 Å². The monoisotopic (exact) mass is 209 g/mol. The van der Waals surface area contributed by atoms with Crippen molar-refractivity contribution in [1.82, 2.24) is 9.78 Å². The smallest absolute Gasteiger partial charge is 0.217 e. The summed E-state index contributed by atoms with van der Waals surface area (Å²) >= 11 is 0. The van der Waals surface area contributed by atoms with Crippen LogP contribution in [0.3, 0.4) is 0 Å². The Hall–Kier alpha value is -1.03. The number of nitrogens with zero attached hydrogens (tertiary/aromatic N) is 2. The average molecular weight is 209 g/mol. The van der Waals surface area contributed by atoms with E-state index in [-0.39, 0.29) is 6.04 Å². The lowest BCUT2D eigenvalue weighted by atomic mass is 10.0. The third-order valence-electron chi connectivity index (χ3n) is 2.84. The Labute approximate surface area is 90.4 Å². The Morgan fingerprint density at radius 1 is 1.53 bits per heavy atom. The van der Waals surface area contributed by atoms with Crippen LogP contribution in [0, 0.1) is 6.92 Å². The number of rotatable bonds is 1. The highest BCUT2D eigenvalue weighted by Gasteiger charge is 2.25. The van der Waals surface area contributed by atoms with Gasteiger partial charge in [0.15, 0.2) is 0 Å². The van der Waals surface area contributed by atoms with E-state index >= 15 is 0 Å². The summed E-state index contributed by atoms with van der Waals surface area (Å²) in [5, 5.41) is 4.50. The topological polar surface area (TPSA) is 53.1 Å². The van der Waals surface area contributed by atoms with Crippen LogP contribution in [0.2, 0.25) is 0 Å².